The maximum Gasteiger partial charge on any atom is 0.252 e. The summed E-state index contributed by atoms with van der Waals surface area (Å²) in [6, 6.07) is 6.58. The summed E-state index contributed by atoms with van der Waals surface area (Å²) in [6.07, 6.45) is 0.649. The topological polar surface area (TPSA) is 83.6 Å². The van der Waals surface area contributed by atoms with E-state index in [2.05, 4.69) is 0 Å². The predicted molar refractivity (Wildman–Crippen MR) is 78.1 cm³/mol. The van der Waals surface area contributed by atoms with Gasteiger partial charge in [-0.1, -0.05) is 6.07 Å². The first-order valence-electron chi connectivity index (χ1n) is 6.12. The number of thiophene rings is 1. The lowest BCUT2D eigenvalue weighted by molar-refractivity contribution is 0.390. The molecule has 2 heterocycles. The lowest BCUT2D eigenvalue weighted by Gasteiger charge is -2.27. The molecule has 20 heavy (non-hydrogen) atoms. The Bertz CT molecular complexity index is 753. The molecule has 0 unspecified atom stereocenters. The van der Waals surface area contributed by atoms with Gasteiger partial charge in [0.05, 0.1) is 0 Å². The van der Waals surface area contributed by atoms with Crippen LogP contribution in [-0.2, 0) is 23.0 Å². The van der Waals surface area contributed by atoms with Gasteiger partial charge in [-0.3, -0.25) is 0 Å². The molecule has 1 aromatic heterocycles. The lowest BCUT2D eigenvalue weighted by Crippen LogP contribution is -2.35. The fourth-order valence-electron chi connectivity index (χ4n) is 2.32. The van der Waals surface area contributed by atoms with E-state index >= 15 is 0 Å². The summed E-state index contributed by atoms with van der Waals surface area (Å²) in [4.78, 5) is 0. The van der Waals surface area contributed by atoms with E-state index in [1.807, 2.05) is 6.07 Å². The standard InChI is InChI=1S/C13H14N2O3S2/c14-11-6-13(19-8-11)20(17,18)15-4-3-9-1-2-12(16)5-10(9)7-15/h1-2,5-6,8,16H,3-4,7,14H2. The van der Waals surface area contributed by atoms with Crippen molar-refractivity contribution in [1.82, 2.24) is 4.31 Å². The average molecular weight is 310 g/mol. The molecule has 3 rings (SSSR count). The first-order chi connectivity index (χ1) is 9.46. The van der Waals surface area contributed by atoms with Crippen LogP contribution in [0.5, 0.6) is 5.75 Å². The smallest absolute Gasteiger partial charge is 0.252 e. The highest BCUT2D eigenvalue weighted by Crippen LogP contribution is 2.30. The van der Waals surface area contributed by atoms with Crippen molar-refractivity contribution in [2.24, 2.45) is 0 Å². The van der Waals surface area contributed by atoms with Gasteiger partial charge in [-0.15, -0.1) is 11.3 Å². The molecule has 3 N–H and O–H groups in total. The Morgan fingerprint density at radius 3 is 2.75 bits per heavy atom. The molecule has 1 aliphatic heterocycles. The summed E-state index contributed by atoms with van der Waals surface area (Å²) in [5.74, 6) is 0.156. The number of benzene rings is 1. The molecule has 0 saturated carbocycles. The number of hydrogen-bond donors (Lipinski definition) is 2. The highest BCUT2D eigenvalue weighted by Gasteiger charge is 2.29. The number of phenols is 1. The molecular weight excluding hydrogens is 296 g/mol. The summed E-state index contributed by atoms with van der Waals surface area (Å²) in [5, 5.41) is 11.1. The van der Waals surface area contributed by atoms with Gasteiger partial charge in [0.2, 0.25) is 0 Å². The maximum absolute atomic E-state index is 12.5. The van der Waals surface area contributed by atoms with Crippen LogP contribution in [0.4, 0.5) is 5.69 Å². The summed E-state index contributed by atoms with van der Waals surface area (Å²) < 4.78 is 26.7. The van der Waals surface area contributed by atoms with Crippen LogP contribution in [-0.4, -0.2) is 24.4 Å². The number of nitrogens with two attached hydrogens (primary N) is 1. The molecule has 0 aliphatic carbocycles. The monoisotopic (exact) mass is 310 g/mol. The molecule has 0 amide bonds. The van der Waals surface area contributed by atoms with E-state index in [4.69, 9.17) is 5.73 Å². The fourth-order valence-corrected chi connectivity index (χ4v) is 4.97. The van der Waals surface area contributed by atoms with E-state index < -0.39 is 10.0 Å². The first-order valence-corrected chi connectivity index (χ1v) is 8.44. The van der Waals surface area contributed by atoms with Crippen molar-refractivity contribution >= 4 is 27.0 Å². The Labute approximate surface area is 121 Å². The maximum atomic E-state index is 12.5. The third-order valence-corrected chi connectivity index (χ3v) is 6.64. The van der Waals surface area contributed by atoms with Crippen LogP contribution >= 0.6 is 11.3 Å². The number of fused-ring (bicyclic) bond motifs is 1. The second kappa shape index (κ2) is 4.76. The van der Waals surface area contributed by atoms with Crippen LogP contribution in [0.15, 0.2) is 33.9 Å². The molecule has 1 aliphatic rings. The normalized spacial score (nSPS) is 16.0. The highest BCUT2D eigenvalue weighted by molar-refractivity contribution is 7.91. The summed E-state index contributed by atoms with van der Waals surface area (Å²) in [6.45, 7) is 0.724. The van der Waals surface area contributed by atoms with Crippen LogP contribution in [0.1, 0.15) is 11.1 Å². The Morgan fingerprint density at radius 2 is 2.05 bits per heavy atom. The second-order valence-electron chi connectivity index (χ2n) is 4.74. The van der Waals surface area contributed by atoms with E-state index in [9.17, 15) is 13.5 Å². The molecule has 0 radical (unpaired) electrons. The number of hydrogen-bond acceptors (Lipinski definition) is 5. The van der Waals surface area contributed by atoms with Crippen molar-refractivity contribution in [2.45, 2.75) is 17.2 Å². The third kappa shape index (κ3) is 2.28. The van der Waals surface area contributed by atoms with Crippen LogP contribution in [0.2, 0.25) is 0 Å². The van der Waals surface area contributed by atoms with E-state index in [1.165, 1.54) is 10.4 Å². The number of sulfonamides is 1. The number of aromatic hydroxyl groups is 1. The van der Waals surface area contributed by atoms with Gasteiger partial charge in [0, 0.05) is 24.2 Å². The summed E-state index contributed by atoms with van der Waals surface area (Å²) in [5.41, 5.74) is 7.99. The molecule has 5 nitrogen and oxygen atoms in total. The number of nitrogens with zero attached hydrogens (tertiary/aromatic N) is 1. The van der Waals surface area contributed by atoms with E-state index in [0.29, 0.717) is 18.7 Å². The van der Waals surface area contributed by atoms with Crippen molar-refractivity contribution in [3.8, 4) is 5.75 Å². The number of rotatable bonds is 2. The molecule has 0 atom stereocenters. The molecule has 7 heteroatoms. The Hall–Kier alpha value is -1.57. The molecule has 0 saturated heterocycles. The largest absolute Gasteiger partial charge is 0.508 e. The Balaban J connectivity index is 1.93. The van der Waals surface area contributed by atoms with Crippen LogP contribution in [0.25, 0.3) is 0 Å². The van der Waals surface area contributed by atoms with Gasteiger partial charge in [-0.25, -0.2) is 8.42 Å². The van der Waals surface area contributed by atoms with Gasteiger partial charge in [-0.2, -0.15) is 4.31 Å². The van der Waals surface area contributed by atoms with Crippen molar-refractivity contribution in [3.05, 3.63) is 40.8 Å². The quantitative estimate of drug-likeness (QED) is 0.885. The van der Waals surface area contributed by atoms with Gasteiger partial charge in [0.15, 0.2) is 0 Å². The highest BCUT2D eigenvalue weighted by atomic mass is 32.2. The number of phenolic OH excluding ortho intramolecular Hbond substituents is 1. The molecule has 2 aromatic rings. The third-order valence-electron chi connectivity index (χ3n) is 3.36. The van der Waals surface area contributed by atoms with Gasteiger partial charge < -0.3 is 10.8 Å². The SMILES string of the molecule is Nc1csc(S(=O)(=O)N2CCc3ccc(O)cc3C2)c1. The van der Waals surface area contributed by atoms with Crippen molar-refractivity contribution in [2.75, 3.05) is 12.3 Å². The molecule has 0 bridgehead atoms. The number of nitrogen functional groups attached to an aromatic ring is 1. The molecule has 1 aromatic carbocycles. The summed E-state index contributed by atoms with van der Waals surface area (Å²) >= 11 is 1.13. The minimum absolute atomic E-state index is 0.156. The van der Waals surface area contributed by atoms with Crippen LogP contribution in [0, 0.1) is 0 Å². The lowest BCUT2D eigenvalue weighted by atomic mass is 10.0. The van der Waals surface area contributed by atoms with Crippen LogP contribution < -0.4 is 5.73 Å². The molecule has 0 spiro atoms. The Morgan fingerprint density at radius 1 is 1.25 bits per heavy atom. The minimum atomic E-state index is -3.51. The van der Waals surface area contributed by atoms with Crippen molar-refractivity contribution in [1.29, 1.82) is 0 Å². The van der Waals surface area contributed by atoms with Gasteiger partial charge in [0.1, 0.15) is 9.96 Å². The first kappa shape index (κ1) is 13.4. The number of anilines is 1. The zero-order valence-corrected chi connectivity index (χ0v) is 12.2. The molecular formula is C13H14N2O3S2. The second-order valence-corrected chi connectivity index (χ2v) is 7.82. The zero-order chi connectivity index (χ0) is 14.3. The van der Waals surface area contributed by atoms with E-state index in [0.717, 1.165) is 22.5 Å². The molecule has 0 fully saturated rings. The van der Waals surface area contributed by atoms with Gasteiger partial charge in [0.25, 0.3) is 10.0 Å². The Kier molecular flexibility index (Phi) is 3.19. The fraction of sp³-hybridized carbons (Fsp3) is 0.231. The predicted octanol–water partition coefficient (Wildman–Crippen LogP) is 1.78. The van der Waals surface area contributed by atoms with E-state index in [-0.39, 0.29) is 16.5 Å². The minimum Gasteiger partial charge on any atom is -0.508 e. The van der Waals surface area contributed by atoms with Crippen molar-refractivity contribution in [3.63, 3.8) is 0 Å². The van der Waals surface area contributed by atoms with Gasteiger partial charge >= 0.3 is 0 Å². The van der Waals surface area contributed by atoms with Gasteiger partial charge in [-0.05, 0) is 35.7 Å². The molecule has 106 valence electrons. The van der Waals surface area contributed by atoms with E-state index in [1.54, 1.807) is 17.5 Å². The van der Waals surface area contributed by atoms with Crippen molar-refractivity contribution < 1.29 is 13.5 Å². The van der Waals surface area contributed by atoms with Crippen LogP contribution in [0.3, 0.4) is 0 Å². The zero-order valence-electron chi connectivity index (χ0n) is 10.6. The average Bonchev–Trinajstić information content (AvgIpc) is 2.85. The summed E-state index contributed by atoms with van der Waals surface area (Å²) in [7, 11) is -3.51.